The number of nitrogen functional groups attached to an aromatic ring is 1. The van der Waals surface area contributed by atoms with Gasteiger partial charge in [-0.15, -0.1) is 0 Å². The van der Waals surface area contributed by atoms with Crippen molar-refractivity contribution < 1.29 is 24.6 Å². The van der Waals surface area contributed by atoms with Gasteiger partial charge >= 0.3 is 11.9 Å². The number of carbonyl (C=O) groups excluding carboxylic acids is 1. The van der Waals surface area contributed by atoms with E-state index in [2.05, 4.69) is 30.6 Å². The van der Waals surface area contributed by atoms with Gasteiger partial charge in [-0.1, -0.05) is 6.92 Å². The number of anilines is 2. The number of rotatable bonds is 9. The number of aliphatic carboxylic acids is 2. The quantitative estimate of drug-likeness (QED) is 0.251. The van der Waals surface area contributed by atoms with E-state index in [0.717, 1.165) is 0 Å². The Bertz CT molecular complexity index is 1340. The molecular formula is C22H25N7O6. The number of nitrogens with two attached hydrogens (primary N) is 1. The minimum atomic E-state index is -1.40. The fraction of sp³-hybridized carbons (Fsp3) is 0.318. The van der Waals surface area contributed by atoms with Crippen molar-refractivity contribution in [3.05, 3.63) is 52.1 Å². The molecule has 1 aromatic carbocycles. The molecule has 13 nitrogen and oxygen atoms in total. The van der Waals surface area contributed by atoms with Crippen molar-refractivity contribution in [2.24, 2.45) is 11.3 Å². The third-order valence-corrected chi connectivity index (χ3v) is 5.85. The van der Waals surface area contributed by atoms with Crippen LogP contribution in [0.2, 0.25) is 0 Å². The van der Waals surface area contributed by atoms with Crippen molar-refractivity contribution in [1.82, 2.24) is 25.3 Å². The summed E-state index contributed by atoms with van der Waals surface area (Å²) in [5.74, 6) is -4.08. The van der Waals surface area contributed by atoms with E-state index < -0.39 is 40.8 Å². The van der Waals surface area contributed by atoms with Gasteiger partial charge in [0.15, 0.2) is 11.2 Å². The number of aromatic nitrogens is 4. The molecule has 1 unspecified atom stereocenters. The SMILES string of the molecule is CC([C@H](NC(=O)c1ccc(NCc2cnc3nc(N)[nH]c(=O)c3n2)cc1)C(=O)O)C(C)(C)C(=O)O. The van der Waals surface area contributed by atoms with Gasteiger partial charge in [-0.3, -0.25) is 19.4 Å². The number of carboxylic acid groups (broad SMARTS) is 2. The molecule has 7 N–H and O–H groups in total. The number of carbonyl (C=O) groups is 3. The maximum absolute atomic E-state index is 12.6. The molecule has 0 aliphatic carbocycles. The monoisotopic (exact) mass is 483 g/mol. The molecule has 0 radical (unpaired) electrons. The van der Waals surface area contributed by atoms with Crippen molar-refractivity contribution >= 4 is 40.6 Å². The van der Waals surface area contributed by atoms with E-state index in [4.69, 9.17) is 5.73 Å². The van der Waals surface area contributed by atoms with Gasteiger partial charge in [0.05, 0.1) is 23.9 Å². The lowest BCUT2D eigenvalue weighted by Gasteiger charge is -2.32. The maximum Gasteiger partial charge on any atom is 0.326 e. The van der Waals surface area contributed by atoms with Gasteiger partial charge in [-0.05, 0) is 38.1 Å². The van der Waals surface area contributed by atoms with Crippen LogP contribution in [-0.2, 0) is 16.1 Å². The number of benzene rings is 1. The first-order valence-electron chi connectivity index (χ1n) is 10.5. The molecule has 0 spiro atoms. The Morgan fingerprint density at radius 2 is 1.80 bits per heavy atom. The Labute approximate surface area is 198 Å². The smallest absolute Gasteiger partial charge is 0.326 e. The fourth-order valence-electron chi connectivity index (χ4n) is 3.22. The molecule has 2 aromatic heterocycles. The zero-order valence-electron chi connectivity index (χ0n) is 19.2. The van der Waals surface area contributed by atoms with Crippen LogP contribution in [0.5, 0.6) is 0 Å². The number of carboxylic acids is 2. The zero-order valence-corrected chi connectivity index (χ0v) is 19.2. The van der Waals surface area contributed by atoms with Crippen molar-refractivity contribution in [2.75, 3.05) is 11.1 Å². The minimum Gasteiger partial charge on any atom is -0.481 e. The predicted octanol–water partition coefficient (Wildman–Crippen LogP) is 0.837. The molecule has 184 valence electrons. The maximum atomic E-state index is 12.6. The second-order valence-electron chi connectivity index (χ2n) is 8.52. The normalized spacial score (nSPS) is 13.1. The Hall–Kier alpha value is -4.55. The van der Waals surface area contributed by atoms with E-state index in [-0.39, 0.29) is 29.2 Å². The number of hydrogen-bond acceptors (Lipinski definition) is 9. The van der Waals surface area contributed by atoms with Gasteiger partial charge in [-0.2, -0.15) is 4.98 Å². The summed E-state index contributed by atoms with van der Waals surface area (Å²) in [6, 6.07) is 4.81. The van der Waals surface area contributed by atoms with E-state index in [1.807, 2.05) is 0 Å². The Kier molecular flexibility index (Phi) is 6.99. The van der Waals surface area contributed by atoms with Gasteiger partial charge in [-0.25, -0.2) is 14.8 Å². The molecule has 13 heteroatoms. The number of fused-ring (bicyclic) bond motifs is 1. The lowest BCUT2D eigenvalue weighted by Crippen LogP contribution is -2.51. The summed E-state index contributed by atoms with van der Waals surface area (Å²) in [4.78, 5) is 62.4. The molecule has 3 aromatic rings. The van der Waals surface area contributed by atoms with E-state index in [1.165, 1.54) is 39.1 Å². The summed E-state index contributed by atoms with van der Waals surface area (Å²) < 4.78 is 0. The fourth-order valence-corrected chi connectivity index (χ4v) is 3.22. The van der Waals surface area contributed by atoms with Gasteiger partial charge < -0.3 is 26.6 Å². The second kappa shape index (κ2) is 9.75. The highest BCUT2D eigenvalue weighted by atomic mass is 16.4. The second-order valence-corrected chi connectivity index (χ2v) is 8.52. The summed E-state index contributed by atoms with van der Waals surface area (Å²) in [6.07, 6.45) is 1.45. The number of amides is 1. The highest BCUT2D eigenvalue weighted by Crippen LogP contribution is 2.30. The van der Waals surface area contributed by atoms with E-state index in [9.17, 15) is 29.4 Å². The number of nitrogens with zero attached hydrogens (tertiary/aromatic N) is 3. The Morgan fingerprint density at radius 3 is 2.40 bits per heavy atom. The molecule has 0 saturated carbocycles. The van der Waals surface area contributed by atoms with Crippen LogP contribution in [0.1, 0.15) is 36.8 Å². The number of hydrogen-bond donors (Lipinski definition) is 6. The van der Waals surface area contributed by atoms with Gasteiger partial charge in [0, 0.05) is 17.2 Å². The van der Waals surface area contributed by atoms with Gasteiger partial charge in [0.2, 0.25) is 5.95 Å². The van der Waals surface area contributed by atoms with E-state index in [0.29, 0.717) is 11.4 Å². The van der Waals surface area contributed by atoms with Crippen LogP contribution >= 0.6 is 0 Å². The van der Waals surface area contributed by atoms with Crippen molar-refractivity contribution in [1.29, 1.82) is 0 Å². The first-order valence-corrected chi connectivity index (χ1v) is 10.5. The number of H-pyrrole nitrogens is 1. The lowest BCUT2D eigenvalue weighted by atomic mass is 9.75. The summed E-state index contributed by atoms with van der Waals surface area (Å²) in [7, 11) is 0. The average molecular weight is 483 g/mol. The molecule has 0 aliphatic rings. The highest BCUT2D eigenvalue weighted by Gasteiger charge is 2.42. The highest BCUT2D eigenvalue weighted by molar-refractivity contribution is 5.97. The van der Waals surface area contributed by atoms with Crippen LogP contribution in [0.25, 0.3) is 11.2 Å². The molecular weight excluding hydrogens is 458 g/mol. The molecule has 35 heavy (non-hydrogen) atoms. The molecule has 2 heterocycles. The molecule has 0 fully saturated rings. The van der Waals surface area contributed by atoms with Crippen LogP contribution in [0.15, 0.2) is 35.3 Å². The van der Waals surface area contributed by atoms with Crippen molar-refractivity contribution in [3.8, 4) is 0 Å². The number of nitrogens with one attached hydrogen (secondary N) is 3. The largest absolute Gasteiger partial charge is 0.481 e. The van der Waals surface area contributed by atoms with Crippen molar-refractivity contribution in [2.45, 2.75) is 33.4 Å². The summed E-state index contributed by atoms with van der Waals surface area (Å²) in [5.41, 5.74) is 5.09. The van der Waals surface area contributed by atoms with Gasteiger partial charge in [0.1, 0.15) is 6.04 Å². The minimum absolute atomic E-state index is 0.0541. The zero-order chi connectivity index (χ0) is 25.9. The lowest BCUT2D eigenvalue weighted by molar-refractivity contribution is -0.153. The van der Waals surface area contributed by atoms with E-state index in [1.54, 1.807) is 12.1 Å². The Morgan fingerprint density at radius 1 is 1.14 bits per heavy atom. The molecule has 0 aliphatic heterocycles. The molecule has 2 atom stereocenters. The molecule has 0 saturated heterocycles. The Balaban J connectivity index is 1.67. The molecule has 0 bridgehead atoms. The topological polar surface area (TPSA) is 213 Å². The third-order valence-electron chi connectivity index (χ3n) is 5.85. The summed E-state index contributed by atoms with van der Waals surface area (Å²) in [5, 5.41) is 24.4. The predicted molar refractivity (Wildman–Crippen MR) is 126 cm³/mol. The molecule has 1 amide bonds. The van der Waals surface area contributed by atoms with Gasteiger partial charge in [0.25, 0.3) is 11.5 Å². The number of aromatic amines is 1. The first-order chi connectivity index (χ1) is 16.4. The van der Waals surface area contributed by atoms with Crippen LogP contribution in [0, 0.1) is 11.3 Å². The third kappa shape index (κ3) is 5.51. The van der Waals surface area contributed by atoms with Crippen LogP contribution in [0.3, 0.4) is 0 Å². The van der Waals surface area contributed by atoms with Crippen LogP contribution in [-0.4, -0.2) is 54.0 Å². The molecule has 3 rings (SSSR count). The first kappa shape index (κ1) is 25.1. The standard InChI is InChI=1S/C22H25N7O6/c1-10(22(2,3)20(34)35)14(19(32)33)27-17(30)11-4-6-12(7-5-11)24-8-13-9-25-16-15(26-13)18(31)29-21(23)28-16/h4-7,9-10,14,24H,8H2,1-3H3,(H,27,30)(H,32,33)(H,34,35)(H3,23,25,28,29,31)/t10?,14-/m0/s1. The van der Waals surface area contributed by atoms with Crippen LogP contribution in [0.4, 0.5) is 11.6 Å². The van der Waals surface area contributed by atoms with E-state index >= 15 is 0 Å². The summed E-state index contributed by atoms with van der Waals surface area (Å²) in [6.45, 7) is 4.51. The summed E-state index contributed by atoms with van der Waals surface area (Å²) >= 11 is 0. The van der Waals surface area contributed by atoms with Crippen molar-refractivity contribution in [3.63, 3.8) is 0 Å². The van der Waals surface area contributed by atoms with Crippen LogP contribution < -0.4 is 21.9 Å². The average Bonchev–Trinajstić information content (AvgIpc) is 2.80.